The van der Waals surface area contributed by atoms with E-state index < -0.39 is 0 Å². The molecule has 2 aromatic rings. The van der Waals surface area contributed by atoms with Crippen LogP contribution < -0.4 is 10.6 Å². The Labute approximate surface area is 125 Å². The van der Waals surface area contributed by atoms with Gasteiger partial charge in [0.1, 0.15) is 5.65 Å². The smallest absolute Gasteiger partial charge is 0.139 e. The van der Waals surface area contributed by atoms with Crippen molar-refractivity contribution < 1.29 is 0 Å². The molecule has 3 N–H and O–H groups in total. The van der Waals surface area contributed by atoms with Crippen LogP contribution in [0.2, 0.25) is 0 Å². The van der Waals surface area contributed by atoms with E-state index in [2.05, 4.69) is 34.1 Å². The minimum Gasteiger partial charge on any atom is -0.367 e. The van der Waals surface area contributed by atoms with E-state index in [4.69, 9.17) is 5.73 Å². The number of aryl methyl sites for hydroxylation is 1. The molecular weight excluding hydrogens is 260 g/mol. The molecule has 112 valence electrons. The number of aromatic nitrogens is 2. The number of nitrogens with two attached hydrogens (primary N) is 1. The molecule has 2 aliphatic rings. The zero-order chi connectivity index (χ0) is 14.4. The van der Waals surface area contributed by atoms with Crippen molar-refractivity contribution >= 4 is 16.7 Å². The van der Waals surface area contributed by atoms with Gasteiger partial charge in [0, 0.05) is 36.4 Å². The molecule has 0 bridgehead atoms. The van der Waals surface area contributed by atoms with Gasteiger partial charge in [-0.2, -0.15) is 0 Å². The molecule has 0 saturated heterocycles. The van der Waals surface area contributed by atoms with Crippen molar-refractivity contribution in [1.29, 1.82) is 0 Å². The van der Waals surface area contributed by atoms with Crippen LogP contribution in [0, 0.1) is 5.92 Å². The molecule has 3 heterocycles. The van der Waals surface area contributed by atoms with Gasteiger partial charge in [-0.3, -0.25) is 0 Å². The average molecular weight is 284 g/mol. The molecule has 3 atom stereocenters. The molecule has 1 aliphatic heterocycles. The summed E-state index contributed by atoms with van der Waals surface area (Å²) >= 11 is 0. The zero-order valence-electron chi connectivity index (χ0n) is 12.7. The van der Waals surface area contributed by atoms with Gasteiger partial charge in [0.05, 0.1) is 5.69 Å². The summed E-state index contributed by atoms with van der Waals surface area (Å²) in [5.41, 5.74) is 10.1. The van der Waals surface area contributed by atoms with Crippen molar-refractivity contribution in [2.45, 2.75) is 51.1 Å². The van der Waals surface area contributed by atoms with Crippen LogP contribution >= 0.6 is 0 Å². The number of rotatable bonds is 2. The summed E-state index contributed by atoms with van der Waals surface area (Å²) in [7, 11) is 0. The van der Waals surface area contributed by atoms with Crippen LogP contribution in [0.5, 0.6) is 0 Å². The lowest BCUT2D eigenvalue weighted by molar-refractivity contribution is 0.428. The average Bonchev–Trinajstić information content (AvgIpc) is 3.12. The van der Waals surface area contributed by atoms with Crippen molar-refractivity contribution in [1.82, 2.24) is 9.97 Å². The molecule has 2 aromatic heterocycles. The summed E-state index contributed by atoms with van der Waals surface area (Å²) in [4.78, 5) is 10.5. The summed E-state index contributed by atoms with van der Waals surface area (Å²) in [6.07, 6.45) is 9.98. The highest BCUT2D eigenvalue weighted by atomic mass is 15.2. The fourth-order valence-corrected chi connectivity index (χ4v) is 4.41. The maximum atomic E-state index is 6.27. The summed E-state index contributed by atoms with van der Waals surface area (Å²) in [5.74, 6) is 0.730. The molecule has 1 saturated carbocycles. The van der Waals surface area contributed by atoms with Gasteiger partial charge >= 0.3 is 0 Å². The van der Waals surface area contributed by atoms with E-state index >= 15 is 0 Å². The molecule has 4 heteroatoms. The van der Waals surface area contributed by atoms with Crippen LogP contribution in [-0.4, -0.2) is 28.6 Å². The van der Waals surface area contributed by atoms with E-state index in [0.717, 1.165) is 31.0 Å². The number of aromatic amines is 1. The van der Waals surface area contributed by atoms with E-state index in [-0.39, 0.29) is 0 Å². The predicted octanol–water partition coefficient (Wildman–Crippen LogP) is 2.83. The third-order valence-corrected chi connectivity index (χ3v) is 5.38. The molecule has 0 spiro atoms. The summed E-state index contributed by atoms with van der Waals surface area (Å²) < 4.78 is 0. The van der Waals surface area contributed by atoms with Crippen molar-refractivity contribution in [2.75, 3.05) is 11.4 Å². The Morgan fingerprint density at radius 1 is 1.43 bits per heavy atom. The van der Waals surface area contributed by atoms with E-state index in [1.165, 1.54) is 35.9 Å². The fraction of sp³-hybridized carbons (Fsp3) is 0.588. The highest BCUT2D eigenvalue weighted by Crippen LogP contribution is 2.40. The monoisotopic (exact) mass is 284 g/mol. The molecule has 0 aromatic carbocycles. The predicted molar refractivity (Wildman–Crippen MR) is 86.5 cm³/mol. The zero-order valence-corrected chi connectivity index (χ0v) is 12.7. The largest absolute Gasteiger partial charge is 0.367 e. The van der Waals surface area contributed by atoms with Crippen molar-refractivity contribution in [3.8, 4) is 0 Å². The lowest BCUT2D eigenvalue weighted by Crippen LogP contribution is -2.41. The molecule has 0 radical (unpaired) electrons. The number of H-pyrrole nitrogens is 1. The highest BCUT2D eigenvalue weighted by molar-refractivity contribution is 5.92. The quantitative estimate of drug-likeness (QED) is 0.891. The first-order valence-corrected chi connectivity index (χ1v) is 8.25. The fourth-order valence-electron chi connectivity index (χ4n) is 4.41. The standard InChI is InChI=1S/C17H24N4/c1-2-11-8-13(18)9-15(11)21-7-3-4-12-10-20-17-14(16(12)21)5-6-19-17/h5-6,10-11,13,15H,2-4,7-9,18H2,1H3,(H,19,20)/t11-,13+,15+/m1/s1. The SMILES string of the molecule is CC[C@@H]1C[C@H](N)C[C@@H]1N1CCCc2cnc3[nH]ccc3c21. The Balaban J connectivity index is 1.80. The molecule has 1 fully saturated rings. The Bertz CT molecular complexity index is 647. The topological polar surface area (TPSA) is 57.9 Å². The summed E-state index contributed by atoms with van der Waals surface area (Å²) in [6.45, 7) is 3.46. The highest BCUT2D eigenvalue weighted by Gasteiger charge is 2.37. The number of nitrogens with one attached hydrogen (secondary N) is 1. The number of hydrogen-bond acceptors (Lipinski definition) is 3. The first-order chi connectivity index (χ1) is 10.3. The number of pyridine rings is 1. The van der Waals surface area contributed by atoms with Crippen LogP contribution in [0.25, 0.3) is 11.0 Å². The maximum absolute atomic E-state index is 6.27. The lowest BCUT2D eigenvalue weighted by Gasteiger charge is -2.39. The first kappa shape index (κ1) is 13.1. The van der Waals surface area contributed by atoms with Crippen molar-refractivity contribution in [2.24, 2.45) is 11.7 Å². The van der Waals surface area contributed by atoms with Gasteiger partial charge in [-0.05, 0) is 43.2 Å². The van der Waals surface area contributed by atoms with E-state index in [0.29, 0.717) is 12.1 Å². The molecule has 21 heavy (non-hydrogen) atoms. The van der Waals surface area contributed by atoms with Crippen LogP contribution in [-0.2, 0) is 6.42 Å². The van der Waals surface area contributed by atoms with Crippen LogP contribution in [0.1, 0.15) is 38.2 Å². The second-order valence-electron chi connectivity index (χ2n) is 6.64. The molecular formula is C17H24N4. The normalized spacial score (nSPS) is 29.0. The minimum atomic E-state index is 0.369. The Morgan fingerprint density at radius 2 is 2.33 bits per heavy atom. The molecule has 4 nitrogen and oxygen atoms in total. The van der Waals surface area contributed by atoms with Crippen LogP contribution in [0.3, 0.4) is 0 Å². The second kappa shape index (κ2) is 5.02. The van der Waals surface area contributed by atoms with Crippen molar-refractivity contribution in [3.63, 3.8) is 0 Å². The Kier molecular flexibility index (Phi) is 3.14. The van der Waals surface area contributed by atoms with Gasteiger partial charge in [-0.25, -0.2) is 4.98 Å². The van der Waals surface area contributed by atoms with Gasteiger partial charge in [0.15, 0.2) is 0 Å². The summed E-state index contributed by atoms with van der Waals surface area (Å²) in [5, 5.41) is 1.28. The molecule has 0 amide bonds. The molecule has 0 unspecified atom stereocenters. The van der Waals surface area contributed by atoms with E-state index in [1.54, 1.807) is 0 Å². The summed E-state index contributed by atoms with van der Waals surface area (Å²) in [6, 6.07) is 3.15. The number of nitrogens with zero attached hydrogens (tertiary/aromatic N) is 2. The first-order valence-electron chi connectivity index (χ1n) is 8.25. The molecule has 1 aliphatic carbocycles. The van der Waals surface area contributed by atoms with E-state index in [9.17, 15) is 0 Å². The Hall–Kier alpha value is -1.55. The third-order valence-electron chi connectivity index (χ3n) is 5.38. The van der Waals surface area contributed by atoms with Crippen LogP contribution in [0.4, 0.5) is 5.69 Å². The maximum Gasteiger partial charge on any atom is 0.139 e. The lowest BCUT2D eigenvalue weighted by atomic mass is 9.94. The van der Waals surface area contributed by atoms with Crippen LogP contribution in [0.15, 0.2) is 18.5 Å². The second-order valence-corrected chi connectivity index (χ2v) is 6.64. The number of fused-ring (bicyclic) bond motifs is 3. The minimum absolute atomic E-state index is 0.369. The van der Waals surface area contributed by atoms with Gasteiger partial charge in [0.25, 0.3) is 0 Å². The van der Waals surface area contributed by atoms with Crippen molar-refractivity contribution in [3.05, 3.63) is 24.0 Å². The third kappa shape index (κ3) is 2.04. The van der Waals surface area contributed by atoms with Gasteiger partial charge < -0.3 is 15.6 Å². The van der Waals surface area contributed by atoms with E-state index in [1.807, 2.05) is 6.20 Å². The number of hydrogen-bond donors (Lipinski definition) is 2. The molecule has 4 rings (SSSR count). The van der Waals surface area contributed by atoms with Gasteiger partial charge in [0.2, 0.25) is 0 Å². The van der Waals surface area contributed by atoms with Gasteiger partial charge in [-0.1, -0.05) is 13.3 Å². The Morgan fingerprint density at radius 3 is 3.19 bits per heavy atom. The number of anilines is 1. The van der Waals surface area contributed by atoms with Gasteiger partial charge in [-0.15, -0.1) is 0 Å².